The zero-order valence-corrected chi connectivity index (χ0v) is 8.30. The molecule has 0 amide bonds. The van der Waals surface area contributed by atoms with Crippen LogP contribution in [0.1, 0.15) is 32.1 Å². The lowest BCUT2D eigenvalue weighted by atomic mass is 10.1. The molecule has 1 heterocycles. The predicted octanol–water partition coefficient (Wildman–Crippen LogP) is 0.918. The summed E-state index contributed by atoms with van der Waals surface area (Å²) in [5, 5.41) is 12.0. The second-order valence-corrected chi connectivity index (χ2v) is 3.65. The normalized spacial score (nSPS) is 23.3. The largest absolute Gasteiger partial charge is 0.396 e. The van der Waals surface area contributed by atoms with Crippen LogP contribution in [-0.4, -0.2) is 37.5 Å². The molecule has 1 fully saturated rings. The van der Waals surface area contributed by atoms with Crippen molar-refractivity contribution in [1.29, 1.82) is 0 Å². The molecule has 13 heavy (non-hydrogen) atoms. The molecule has 1 atom stereocenters. The van der Waals surface area contributed by atoms with E-state index in [2.05, 4.69) is 5.32 Å². The third-order valence-electron chi connectivity index (χ3n) is 2.43. The predicted molar refractivity (Wildman–Crippen MR) is 52.8 cm³/mol. The number of rotatable bonds is 6. The number of ether oxygens (including phenoxy) is 1. The molecule has 1 aliphatic heterocycles. The van der Waals surface area contributed by atoms with Gasteiger partial charge in [0.2, 0.25) is 0 Å². The maximum atomic E-state index is 8.57. The van der Waals surface area contributed by atoms with E-state index in [0.29, 0.717) is 12.6 Å². The van der Waals surface area contributed by atoms with Crippen molar-refractivity contribution in [1.82, 2.24) is 5.32 Å². The van der Waals surface area contributed by atoms with Crippen LogP contribution in [0.4, 0.5) is 0 Å². The van der Waals surface area contributed by atoms with Crippen LogP contribution in [0.2, 0.25) is 0 Å². The highest BCUT2D eigenvalue weighted by atomic mass is 16.5. The quantitative estimate of drug-likeness (QED) is 0.607. The molecule has 0 aliphatic carbocycles. The summed E-state index contributed by atoms with van der Waals surface area (Å²) in [5.41, 5.74) is 0. The average Bonchev–Trinajstić information content (AvgIpc) is 2.19. The molecule has 3 nitrogen and oxygen atoms in total. The van der Waals surface area contributed by atoms with Gasteiger partial charge in [-0.05, 0) is 38.6 Å². The number of hydrogen-bond donors (Lipinski definition) is 2. The summed E-state index contributed by atoms with van der Waals surface area (Å²) in [6.45, 7) is 3.20. The molecule has 0 aromatic heterocycles. The van der Waals surface area contributed by atoms with Gasteiger partial charge in [0.1, 0.15) is 0 Å². The number of hydrogen-bond acceptors (Lipinski definition) is 3. The van der Waals surface area contributed by atoms with Crippen LogP contribution in [0.25, 0.3) is 0 Å². The third kappa shape index (κ3) is 5.24. The van der Waals surface area contributed by atoms with Gasteiger partial charge in [-0.2, -0.15) is 0 Å². The molecule has 0 aromatic rings. The number of aliphatic hydroxyl groups excluding tert-OH is 1. The van der Waals surface area contributed by atoms with Crippen molar-refractivity contribution in [3.63, 3.8) is 0 Å². The van der Waals surface area contributed by atoms with Crippen molar-refractivity contribution >= 4 is 0 Å². The Morgan fingerprint density at radius 3 is 2.92 bits per heavy atom. The fourth-order valence-electron chi connectivity index (χ4n) is 1.62. The van der Waals surface area contributed by atoms with Crippen molar-refractivity contribution in [2.75, 3.05) is 26.4 Å². The summed E-state index contributed by atoms with van der Waals surface area (Å²) >= 11 is 0. The van der Waals surface area contributed by atoms with Gasteiger partial charge in [0.15, 0.2) is 0 Å². The SMILES string of the molecule is OCCCCCNC1CCCOC1. The Morgan fingerprint density at radius 2 is 2.23 bits per heavy atom. The van der Waals surface area contributed by atoms with E-state index < -0.39 is 0 Å². The first-order valence-electron chi connectivity index (χ1n) is 5.35. The third-order valence-corrected chi connectivity index (χ3v) is 2.43. The summed E-state index contributed by atoms with van der Waals surface area (Å²) in [6, 6.07) is 0.572. The van der Waals surface area contributed by atoms with E-state index in [1.165, 1.54) is 12.8 Å². The van der Waals surface area contributed by atoms with Crippen molar-refractivity contribution in [3.05, 3.63) is 0 Å². The van der Waals surface area contributed by atoms with Crippen LogP contribution in [0.15, 0.2) is 0 Å². The van der Waals surface area contributed by atoms with Crippen molar-refractivity contribution in [2.45, 2.75) is 38.1 Å². The first kappa shape index (κ1) is 11.0. The highest BCUT2D eigenvalue weighted by Crippen LogP contribution is 2.05. The molecule has 0 aromatic carbocycles. The standard InChI is InChI=1S/C10H21NO2/c12-7-3-1-2-6-11-10-5-4-8-13-9-10/h10-12H,1-9H2. The first-order valence-corrected chi connectivity index (χ1v) is 5.35. The molecule has 1 rings (SSSR count). The van der Waals surface area contributed by atoms with Gasteiger partial charge < -0.3 is 15.2 Å². The minimum absolute atomic E-state index is 0.326. The summed E-state index contributed by atoms with van der Waals surface area (Å²) in [6.07, 6.45) is 5.66. The molecular weight excluding hydrogens is 166 g/mol. The van der Waals surface area contributed by atoms with E-state index in [0.717, 1.165) is 39.0 Å². The molecule has 0 saturated carbocycles. The molecule has 0 bridgehead atoms. The fourth-order valence-corrected chi connectivity index (χ4v) is 1.62. The van der Waals surface area contributed by atoms with E-state index in [1.54, 1.807) is 0 Å². The Balaban J connectivity index is 1.86. The Bertz CT molecular complexity index is 113. The topological polar surface area (TPSA) is 41.5 Å². The van der Waals surface area contributed by atoms with Crippen LogP contribution in [0, 0.1) is 0 Å². The first-order chi connectivity index (χ1) is 6.43. The van der Waals surface area contributed by atoms with E-state index in [-0.39, 0.29) is 0 Å². The Morgan fingerprint density at radius 1 is 1.31 bits per heavy atom. The Hall–Kier alpha value is -0.120. The van der Waals surface area contributed by atoms with Gasteiger partial charge in [-0.15, -0.1) is 0 Å². The molecule has 1 aliphatic rings. The maximum Gasteiger partial charge on any atom is 0.0619 e. The van der Waals surface area contributed by atoms with Gasteiger partial charge >= 0.3 is 0 Å². The molecule has 0 radical (unpaired) electrons. The van der Waals surface area contributed by atoms with Crippen LogP contribution < -0.4 is 5.32 Å². The lowest BCUT2D eigenvalue weighted by Gasteiger charge is -2.23. The van der Waals surface area contributed by atoms with Gasteiger partial charge in [0.25, 0.3) is 0 Å². The second kappa shape index (κ2) is 7.30. The highest BCUT2D eigenvalue weighted by Gasteiger charge is 2.11. The average molecular weight is 187 g/mol. The van der Waals surface area contributed by atoms with E-state index in [1.807, 2.05) is 0 Å². The van der Waals surface area contributed by atoms with Crippen LogP contribution in [-0.2, 0) is 4.74 Å². The number of aliphatic hydroxyl groups is 1. The van der Waals surface area contributed by atoms with Crippen molar-refractivity contribution in [2.24, 2.45) is 0 Å². The van der Waals surface area contributed by atoms with E-state index in [9.17, 15) is 0 Å². The minimum atomic E-state index is 0.326. The number of unbranched alkanes of at least 4 members (excludes halogenated alkanes) is 2. The zero-order valence-electron chi connectivity index (χ0n) is 8.30. The highest BCUT2D eigenvalue weighted by molar-refractivity contribution is 4.69. The van der Waals surface area contributed by atoms with Gasteiger partial charge in [-0.1, -0.05) is 0 Å². The molecule has 1 saturated heterocycles. The smallest absolute Gasteiger partial charge is 0.0619 e. The molecule has 2 N–H and O–H groups in total. The lowest BCUT2D eigenvalue weighted by Crippen LogP contribution is -2.37. The fraction of sp³-hybridized carbons (Fsp3) is 1.00. The van der Waals surface area contributed by atoms with Gasteiger partial charge in [0.05, 0.1) is 6.61 Å². The summed E-state index contributed by atoms with van der Waals surface area (Å²) in [7, 11) is 0. The maximum absolute atomic E-state index is 8.57. The molecule has 78 valence electrons. The van der Waals surface area contributed by atoms with E-state index >= 15 is 0 Å². The van der Waals surface area contributed by atoms with Gasteiger partial charge in [0, 0.05) is 19.3 Å². The summed E-state index contributed by atoms with van der Waals surface area (Å²) in [5.74, 6) is 0. The summed E-state index contributed by atoms with van der Waals surface area (Å²) in [4.78, 5) is 0. The second-order valence-electron chi connectivity index (χ2n) is 3.65. The summed E-state index contributed by atoms with van der Waals surface area (Å²) < 4.78 is 5.36. The van der Waals surface area contributed by atoms with E-state index in [4.69, 9.17) is 9.84 Å². The monoisotopic (exact) mass is 187 g/mol. The van der Waals surface area contributed by atoms with Crippen LogP contribution >= 0.6 is 0 Å². The molecule has 3 heteroatoms. The molecular formula is C10H21NO2. The zero-order chi connectivity index (χ0) is 9.36. The lowest BCUT2D eigenvalue weighted by molar-refractivity contribution is 0.0704. The van der Waals surface area contributed by atoms with Crippen LogP contribution in [0.3, 0.4) is 0 Å². The van der Waals surface area contributed by atoms with Crippen molar-refractivity contribution in [3.8, 4) is 0 Å². The molecule has 0 spiro atoms. The van der Waals surface area contributed by atoms with Crippen LogP contribution in [0.5, 0.6) is 0 Å². The number of nitrogens with one attached hydrogen (secondary N) is 1. The Labute approximate surface area is 80.5 Å². The van der Waals surface area contributed by atoms with Gasteiger partial charge in [-0.25, -0.2) is 0 Å². The van der Waals surface area contributed by atoms with Crippen molar-refractivity contribution < 1.29 is 9.84 Å². The van der Waals surface area contributed by atoms with Gasteiger partial charge in [-0.3, -0.25) is 0 Å². The minimum Gasteiger partial charge on any atom is -0.396 e. The Kier molecular flexibility index (Phi) is 6.15. The molecule has 1 unspecified atom stereocenters.